The highest BCUT2D eigenvalue weighted by Gasteiger charge is 2.26. The summed E-state index contributed by atoms with van der Waals surface area (Å²) in [6.07, 6.45) is 6.63. The fraction of sp³-hybridized carbons (Fsp3) is 0.316. The summed E-state index contributed by atoms with van der Waals surface area (Å²) in [5, 5.41) is 11.9. The highest BCUT2D eigenvalue weighted by Crippen LogP contribution is 2.30. The van der Waals surface area contributed by atoms with Crippen molar-refractivity contribution < 1.29 is 9.53 Å². The number of rotatable bonds is 6. The highest BCUT2D eigenvalue weighted by atomic mass is 32.1. The molecule has 1 heterocycles. The van der Waals surface area contributed by atoms with Gasteiger partial charge in [0.15, 0.2) is 11.7 Å². The van der Waals surface area contributed by atoms with Gasteiger partial charge in [-0.15, -0.1) is 11.3 Å². The predicted molar refractivity (Wildman–Crippen MR) is 93.9 cm³/mol. The Hall–Kier alpha value is -2.45. The van der Waals surface area contributed by atoms with E-state index in [4.69, 9.17) is 4.74 Å². The van der Waals surface area contributed by atoms with E-state index < -0.39 is 5.92 Å². The molecular formula is C19H18N2O2S. The molecular weight excluding hydrogens is 320 g/mol. The van der Waals surface area contributed by atoms with E-state index in [1.807, 2.05) is 29.6 Å². The second-order valence-corrected chi connectivity index (χ2v) is 6.69. The Bertz CT molecular complexity index is 786. The lowest BCUT2D eigenvalue weighted by molar-refractivity contribution is -0.120. The molecule has 2 aromatic rings. The van der Waals surface area contributed by atoms with Gasteiger partial charge in [0.2, 0.25) is 0 Å². The highest BCUT2D eigenvalue weighted by molar-refractivity contribution is 7.10. The van der Waals surface area contributed by atoms with Crippen molar-refractivity contribution in [1.29, 1.82) is 5.26 Å². The number of methoxy groups -OCH3 is 1. The molecule has 24 heavy (non-hydrogen) atoms. The fourth-order valence-corrected chi connectivity index (χ4v) is 3.71. The summed E-state index contributed by atoms with van der Waals surface area (Å²) in [6.45, 7) is 0. The average Bonchev–Trinajstić information content (AvgIpc) is 3.28. The maximum absolute atomic E-state index is 12.5. The minimum atomic E-state index is -0.768. The van der Waals surface area contributed by atoms with Gasteiger partial charge in [0, 0.05) is 17.4 Å². The Labute approximate surface area is 145 Å². The summed E-state index contributed by atoms with van der Waals surface area (Å²) in [6, 6.07) is 9.71. The topological polar surface area (TPSA) is 63.0 Å². The largest absolute Gasteiger partial charge is 0.497 e. The van der Waals surface area contributed by atoms with Crippen LogP contribution in [0.4, 0.5) is 0 Å². The zero-order chi connectivity index (χ0) is 16.9. The van der Waals surface area contributed by atoms with Crippen LogP contribution in [0.15, 0.2) is 41.8 Å². The zero-order valence-electron chi connectivity index (χ0n) is 13.4. The number of carbonyl (C=O) groups is 1. The van der Waals surface area contributed by atoms with Crippen LogP contribution in [0.1, 0.15) is 30.2 Å². The van der Waals surface area contributed by atoms with E-state index in [0.717, 1.165) is 29.8 Å². The SMILES string of the molecule is COc1ccc(-c2csc(C(C#N)C(=O)CC3C=CCC3)n2)cc1. The molecule has 0 saturated heterocycles. The van der Waals surface area contributed by atoms with Gasteiger partial charge >= 0.3 is 0 Å². The first-order valence-electron chi connectivity index (χ1n) is 7.90. The number of hydrogen-bond acceptors (Lipinski definition) is 5. The summed E-state index contributed by atoms with van der Waals surface area (Å²) >= 11 is 1.37. The summed E-state index contributed by atoms with van der Waals surface area (Å²) in [7, 11) is 1.62. The number of allylic oxidation sites excluding steroid dienone is 2. The molecule has 4 nitrogen and oxygen atoms in total. The number of benzene rings is 1. The molecule has 0 radical (unpaired) electrons. The molecule has 5 heteroatoms. The van der Waals surface area contributed by atoms with Crippen molar-refractivity contribution in [2.24, 2.45) is 5.92 Å². The molecule has 3 rings (SSSR count). The molecule has 0 bridgehead atoms. The van der Waals surface area contributed by atoms with E-state index >= 15 is 0 Å². The molecule has 0 saturated carbocycles. The molecule has 1 aromatic carbocycles. The Morgan fingerprint density at radius 1 is 1.46 bits per heavy atom. The van der Waals surface area contributed by atoms with Gasteiger partial charge in [-0.1, -0.05) is 12.2 Å². The number of nitrogens with zero attached hydrogens (tertiary/aromatic N) is 2. The Balaban J connectivity index is 1.75. The molecule has 122 valence electrons. The van der Waals surface area contributed by atoms with Gasteiger partial charge in [0.1, 0.15) is 10.8 Å². The number of thiazole rings is 1. The van der Waals surface area contributed by atoms with Crippen LogP contribution in [-0.4, -0.2) is 17.9 Å². The van der Waals surface area contributed by atoms with Crippen molar-refractivity contribution in [3.05, 3.63) is 46.8 Å². The van der Waals surface area contributed by atoms with Crippen LogP contribution < -0.4 is 4.74 Å². The van der Waals surface area contributed by atoms with Crippen LogP contribution in [-0.2, 0) is 4.79 Å². The Kier molecular flexibility index (Phi) is 5.07. The molecule has 0 amide bonds. The third-order valence-electron chi connectivity index (χ3n) is 4.18. The van der Waals surface area contributed by atoms with Gasteiger partial charge < -0.3 is 4.74 Å². The van der Waals surface area contributed by atoms with E-state index in [1.165, 1.54) is 11.3 Å². The lowest BCUT2D eigenvalue weighted by Crippen LogP contribution is -2.13. The van der Waals surface area contributed by atoms with Crippen molar-refractivity contribution in [2.75, 3.05) is 7.11 Å². The normalized spacial score (nSPS) is 17.4. The van der Waals surface area contributed by atoms with Crippen LogP contribution >= 0.6 is 11.3 Å². The van der Waals surface area contributed by atoms with Crippen LogP contribution in [0.5, 0.6) is 5.75 Å². The van der Waals surface area contributed by atoms with Gasteiger partial charge in [-0.3, -0.25) is 4.79 Å². The second kappa shape index (κ2) is 7.41. The standard InChI is InChI=1S/C19H18N2O2S/c1-23-15-8-6-14(7-9-15)17-12-24-19(21-17)16(11-20)18(22)10-13-4-2-3-5-13/h2,4,6-9,12-13,16H,3,5,10H2,1H3. The number of aromatic nitrogens is 1. The van der Waals surface area contributed by atoms with E-state index in [9.17, 15) is 10.1 Å². The quantitative estimate of drug-likeness (QED) is 0.735. The summed E-state index contributed by atoms with van der Waals surface area (Å²) in [5.74, 6) is 0.249. The van der Waals surface area contributed by atoms with Crippen LogP contribution in [0.3, 0.4) is 0 Å². The molecule has 2 unspecified atom stereocenters. The predicted octanol–water partition coefficient (Wildman–Crippen LogP) is 4.35. The van der Waals surface area contributed by atoms with Gasteiger partial charge in [0.25, 0.3) is 0 Å². The zero-order valence-corrected chi connectivity index (χ0v) is 14.3. The third kappa shape index (κ3) is 3.55. The molecule has 1 aliphatic carbocycles. The summed E-state index contributed by atoms with van der Waals surface area (Å²) in [5.41, 5.74) is 1.73. The van der Waals surface area contributed by atoms with Crippen molar-refractivity contribution in [3.63, 3.8) is 0 Å². The Morgan fingerprint density at radius 3 is 2.88 bits per heavy atom. The van der Waals surface area contributed by atoms with Gasteiger partial charge in [-0.25, -0.2) is 4.98 Å². The van der Waals surface area contributed by atoms with Crippen LogP contribution in [0.25, 0.3) is 11.3 Å². The minimum absolute atomic E-state index is 0.0373. The maximum Gasteiger partial charge on any atom is 0.157 e. The van der Waals surface area contributed by atoms with Crippen molar-refractivity contribution in [2.45, 2.75) is 25.2 Å². The molecule has 0 fully saturated rings. The van der Waals surface area contributed by atoms with Gasteiger partial charge in [-0.05, 0) is 43.0 Å². The molecule has 0 aliphatic heterocycles. The number of ether oxygens (including phenoxy) is 1. The maximum atomic E-state index is 12.5. The fourth-order valence-electron chi connectivity index (χ4n) is 2.82. The van der Waals surface area contributed by atoms with Gasteiger partial charge in [-0.2, -0.15) is 5.26 Å². The number of nitriles is 1. The van der Waals surface area contributed by atoms with Crippen molar-refractivity contribution >= 4 is 17.1 Å². The molecule has 0 spiro atoms. The minimum Gasteiger partial charge on any atom is -0.497 e. The molecule has 0 N–H and O–H groups in total. The van der Waals surface area contributed by atoms with E-state index in [2.05, 4.69) is 23.2 Å². The first-order chi connectivity index (χ1) is 11.7. The number of ketones is 1. The number of Topliss-reactive ketones (excluding diaryl/α,β-unsaturated/α-hetero) is 1. The summed E-state index contributed by atoms with van der Waals surface area (Å²) in [4.78, 5) is 17.0. The monoisotopic (exact) mass is 338 g/mol. The van der Waals surface area contributed by atoms with Crippen LogP contribution in [0, 0.1) is 17.2 Å². The molecule has 2 atom stereocenters. The lowest BCUT2D eigenvalue weighted by atomic mass is 9.95. The van der Waals surface area contributed by atoms with Crippen molar-refractivity contribution in [3.8, 4) is 23.1 Å². The average molecular weight is 338 g/mol. The van der Waals surface area contributed by atoms with E-state index in [-0.39, 0.29) is 11.7 Å². The lowest BCUT2D eigenvalue weighted by Gasteiger charge is -2.09. The van der Waals surface area contributed by atoms with Crippen LogP contribution in [0.2, 0.25) is 0 Å². The first-order valence-corrected chi connectivity index (χ1v) is 8.78. The number of carbonyl (C=O) groups excluding carboxylic acids is 1. The van der Waals surface area contributed by atoms with Crippen molar-refractivity contribution in [1.82, 2.24) is 4.98 Å². The Morgan fingerprint density at radius 2 is 2.25 bits per heavy atom. The third-order valence-corrected chi connectivity index (χ3v) is 5.09. The molecule has 1 aromatic heterocycles. The van der Waals surface area contributed by atoms with Gasteiger partial charge in [0.05, 0.1) is 18.9 Å². The number of hydrogen-bond donors (Lipinski definition) is 0. The second-order valence-electron chi connectivity index (χ2n) is 5.80. The summed E-state index contributed by atoms with van der Waals surface area (Å²) < 4.78 is 5.15. The van der Waals surface area contributed by atoms with E-state index in [0.29, 0.717) is 11.4 Å². The molecule has 1 aliphatic rings. The first kappa shape index (κ1) is 16.4. The van der Waals surface area contributed by atoms with E-state index in [1.54, 1.807) is 7.11 Å². The smallest absolute Gasteiger partial charge is 0.157 e.